The molecule has 0 radical (unpaired) electrons. The Balaban J connectivity index is 2.12. The highest BCUT2D eigenvalue weighted by Gasteiger charge is 2.40. The molecule has 106 valence electrons. The van der Waals surface area contributed by atoms with E-state index >= 15 is 0 Å². The summed E-state index contributed by atoms with van der Waals surface area (Å²) in [4.78, 5) is 4.01. The van der Waals surface area contributed by atoms with E-state index in [0.29, 0.717) is 18.2 Å². The molecule has 0 amide bonds. The smallest absolute Gasteiger partial charge is 0.260 e. The van der Waals surface area contributed by atoms with Gasteiger partial charge < -0.3 is 5.32 Å². The molecule has 6 heteroatoms. The molecule has 1 aliphatic rings. The molecule has 0 bridgehead atoms. The van der Waals surface area contributed by atoms with Gasteiger partial charge >= 0.3 is 0 Å². The summed E-state index contributed by atoms with van der Waals surface area (Å²) in [5.41, 5.74) is 0.560. The van der Waals surface area contributed by atoms with Crippen LogP contribution in [0.3, 0.4) is 0 Å². The van der Waals surface area contributed by atoms with E-state index in [1.807, 2.05) is 6.92 Å². The lowest BCUT2D eigenvalue weighted by atomic mass is 10.2. The number of hydrogen-bond acceptors (Lipinski definition) is 4. The second-order valence-electron chi connectivity index (χ2n) is 4.90. The third-order valence-electron chi connectivity index (χ3n) is 3.28. The number of aromatic nitrogens is 1. The molecule has 5 nitrogen and oxygen atoms in total. The van der Waals surface area contributed by atoms with E-state index in [4.69, 9.17) is 0 Å². The fourth-order valence-electron chi connectivity index (χ4n) is 2.27. The quantitative estimate of drug-likeness (QED) is 0.802. The molecule has 0 spiro atoms. The second kappa shape index (κ2) is 5.88. The third-order valence-corrected chi connectivity index (χ3v) is 4.73. The Morgan fingerprint density at radius 2 is 2.21 bits per heavy atom. The second-order valence-corrected chi connectivity index (χ2v) is 6.53. The lowest BCUT2D eigenvalue weighted by molar-refractivity contribution is 0.570. The van der Waals surface area contributed by atoms with Crippen molar-refractivity contribution in [3.63, 3.8) is 0 Å². The summed E-state index contributed by atoms with van der Waals surface area (Å²) >= 11 is 0. The van der Waals surface area contributed by atoms with Crippen LogP contribution in [0.1, 0.15) is 33.1 Å². The largest absolute Gasteiger partial charge is 0.383 e. The maximum Gasteiger partial charge on any atom is 0.260 e. The maximum atomic E-state index is 12.3. The van der Waals surface area contributed by atoms with Crippen molar-refractivity contribution >= 4 is 15.7 Å². The molecule has 1 aliphatic carbocycles. The van der Waals surface area contributed by atoms with Crippen LogP contribution in [0.5, 0.6) is 0 Å². The zero-order chi connectivity index (χ0) is 13.9. The maximum absolute atomic E-state index is 12.3. The first-order valence-corrected chi connectivity index (χ1v) is 8.28. The molecular weight excluding hydrogens is 262 g/mol. The van der Waals surface area contributed by atoms with Crippen LogP contribution >= 0.6 is 0 Å². The van der Waals surface area contributed by atoms with E-state index < -0.39 is 10.0 Å². The minimum atomic E-state index is -3.52. The average Bonchev–Trinajstić information content (AvgIpc) is 3.08. The van der Waals surface area contributed by atoms with Crippen molar-refractivity contribution in [2.45, 2.75) is 44.2 Å². The van der Waals surface area contributed by atoms with Gasteiger partial charge in [0.2, 0.25) is 0 Å². The molecule has 2 atom stereocenters. The SMILES string of the molecule is CCCC1CC1NS(=O)(=O)c1ncccc1NCC. The van der Waals surface area contributed by atoms with Gasteiger partial charge in [-0.3, -0.25) is 0 Å². The first-order valence-electron chi connectivity index (χ1n) is 6.79. The average molecular weight is 283 g/mol. The van der Waals surface area contributed by atoms with Crippen molar-refractivity contribution in [2.24, 2.45) is 5.92 Å². The molecule has 2 unspecified atom stereocenters. The number of anilines is 1. The Hall–Kier alpha value is -1.14. The molecule has 1 aromatic heterocycles. The van der Waals surface area contributed by atoms with Crippen molar-refractivity contribution < 1.29 is 8.42 Å². The van der Waals surface area contributed by atoms with E-state index in [9.17, 15) is 8.42 Å². The topological polar surface area (TPSA) is 71.1 Å². The highest BCUT2D eigenvalue weighted by Crippen LogP contribution is 2.36. The van der Waals surface area contributed by atoms with Gasteiger partial charge in [-0.25, -0.2) is 18.1 Å². The van der Waals surface area contributed by atoms with Gasteiger partial charge in [-0.15, -0.1) is 0 Å². The number of nitrogens with zero attached hydrogens (tertiary/aromatic N) is 1. The Morgan fingerprint density at radius 3 is 2.89 bits per heavy atom. The fourth-order valence-corrected chi connectivity index (χ4v) is 3.70. The predicted octanol–water partition coefficient (Wildman–Crippen LogP) is 1.98. The molecule has 19 heavy (non-hydrogen) atoms. The molecule has 0 aliphatic heterocycles. The van der Waals surface area contributed by atoms with Crippen molar-refractivity contribution in [3.8, 4) is 0 Å². The number of rotatable bonds is 7. The molecule has 2 rings (SSSR count). The van der Waals surface area contributed by atoms with Crippen LogP contribution in [0.4, 0.5) is 5.69 Å². The minimum absolute atomic E-state index is 0.0847. The normalized spacial score (nSPS) is 22.2. The van der Waals surface area contributed by atoms with Gasteiger partial charge in [0.1, 0.15) is 0 Å². The molecule has 0 saturated heterocycles. The summed E-state index contributed by atoms with van der Waals surface area (Å²) in [6.45, 7) is 4.71. The Kier molecular flexibility index (Phi) is 4.42. The Bertz CT molecular complexity index is 530. The van der Waals surface area contributed by atoms with Gasteiger partial charge in [-0.2, -0.15) is 0 Å². The van der Waals surface area contributed by atoms with Crippen LogP contribution in [0.2, 0.25) is 0 Å². The first kappa shape index (κ1) is 14.3. The fraction of sp³-hybridized carbons (Fsp3) is 0.615. The van der Waals surface area contributed by atoms with Crippen LogP contribution in [0.15, 0.2) is 23.4 Å². The van der Waals surface area contributed by atoms with Gasteiger partial charge in [0.25, 0.3) is 10.0 Å². The zero-order valence-electron chi connectivity index (χ0n) is 11.4. The lowest BCUT2D eigenvalue weighted by Gasteiger charge is -2.11. The number of hydrogen-bond donors (Lipinski definition) is 2. The number of nitrogens with one attached hydrogen (secondary N) is 2. The van der Waals surface area contributed by atoms with Gasteiger partial charge in [0.05, 0.1) is 5.69 Å². The first-order chi connectivity index (χ1) is 9.08. The van der Waals surface area contributed by atoms with Crippen LogP contribution in [-0.2, 0) is 10.0 Å². The molecule has 0 aromatic carbocycles. The van der Waals surface area contributed by atoms with E-state index in [0.717, 1.165) is 19.3 Å². The summed E-state index contributed by atoms with van der Waals surface area (Å²) in [5.74, 6) is 0.492. The Labute approximate surface area is 114 Å². The molecule has 1 saturated carbocycles. The van der Waals surface area contributed by atoms with Gasteiger partial charge in [-0.05, 0) is 37.8 Å². The lowest BCUT2D eigenvalue weighted by Crippen LogP contribution is -2.28. The van der Waals surface area contributed by atoms with Crippen molar-refractivity contribution in [3.05, 3.63) is 18.3 Å². The highest BCUT2D eigenvalue weighted by molar-refractivity contribution is 7.89. The summed E-state index contributed by atoms with van der Waals surface area (Å²) in [5, 5.41) is 3.13. The molecule has 2 N–H and O–H groups in total. The standard InChI is InChI=1S/C13H21N3O2S/c1-3-6-10-9-12(10)16-19(17,18)13-11(14-4-2)7-5-8-15-13/h5,7-8,10,12,14,16H,3-4,6,9H2,1-2H3. The zero-order valence-corrected chi connectivity index (χ0v) is 12.2. The monoisotopic (exact) mass is 283 g/mol. The number of pyridine rings is 1. The van der Waals surface area contributed by atoms with Gasteiger partial charge in [0.15, 0.2) is 5.03 Å². The predicted molar refractivity (Wildman–Crippen MR) is 75.5 cm³/mol. The molecule has 1 heterocycles. The van der Waals surface area contributed by atoms with Crippen LogP contribution < -0.4 is 10.0 Å². The van der Waals surface area contributed by atoms with Gasteiger partial charge in [-0.1, -0.05) is 13.3 Å². The molecule has 1 fully saturated rings. The van der Waals surface area contributed by atoms with Crippen LogP contribution in [-0.4, -0.2) is 26.0 Å². The number of sulfonamides is 1. The highest BCUT2D eigenvalue weighted by atomic mass is 32.2. The summed E-state index contributed by atoms with van der Waals surface area (Å²) in [6, 6.07) is 3.55. The van der Waals surface area contributed by atoms with Crippen molar-refractivity contribution in [1.29, 1.82) is 0 Å². The van der Waals surface area contributed by atoms with E-state index in [-0.39, 0.29) is 11.1 Å². The van der Waals surface area contributed by atoms with E-state index in [1.54, 1.807) is 12.1 Å². The van der Waals surface area contributed by atoms with Crippen molar-refractivity contribution in [1.82, 2.24) is 9.71 Å². The van der Waals surface area contributed by atoms with E-state index in [2.05, 4.69) is 21.9 Å². The minimum Gasteiger partial charge on any atom is -0.383 e. The van der Waals surface area contributed by atoms with Gasteiger partial charge in [0, 0.05) is 18.8 Å². The van der Waals surface area contributed by atoms with Crippen molar-refractivity contribution in [2.75, 3.05) is 11.9 Å². The van der Waals surface area contributed by atoms with E-state index in [1.165, 1.54) is 6.20 Å². The summed E-state index contributed by atoms with van der Waals surface area (Å²) < 4.78 is 27.4. The third kappa shape index (κ3) is 3.45. The molecular formula is C13H21N3O2S. The Morgan fingerprint density at radius 1 is 1.42 bits per heavy atom. The molecule has 1 aromatic rings. The summed E-state index contributed by atoms with van der Waals surface area (Å²) in [6.07, 6.45) is 4.62. The van der Waals surface area contributed by atoms with Crippen LogP contribution in [0.25, 0.3) is 0 Å². The van der Waals surface area contributed by atoms with Crippen LogP contribution in [0, 0.1) is 5.92 Å². The summed E-state index contributed by atoms with van der Waals surface area (Å²) in [7, 11) is -3.52.